The first-order valence-electron chi connectivity index (χ1n) is 5.47. The molecule has 3 heteroatoms. The van der Waals surface area contributed by atoms with E-state index in [1.165, 1.54) is 5.00 Å². The van der Waals surface area contributed by atoms with Crippen molar-refractivity contribution in [3.63, 3.8) is 0 Å². The molecule has 0 unspecified atom stereocenters. The third-order valence-electron chi connectivity index (χ3n) is 2.86. The lowest BCUT2D eigenvalue weighted by Crippen LogP contribution is -1.90. The van der Waals surface area contributed by atoms with Crippen molar-refractivity contribution in [3.05, 3.63) is 53.5 Å². The molecule has 0 aliphatic carbocycles. The minimum absolute atomic E-state index is 0.608. The molecule has 3 aromatic rings. The monoisotopic (exact) mass is 240 g/mol. The summed E-state index contributed by atoms with van der Waals surface area (Å²) in [6, 6.07) is 12.4. The zero-order valence-corrected chi connectivity index (χ0v) is 10.3. The minimum atomic E-state index is 0.608. The molecule has 0 aliphatic rings. The summed E-state index contributed by atoms with van der Waals surface area (Å²) in [7, 11) is 0. The summed E-state index contributed by atoms with van der Waals surface area (Å²) in [5.74, 6) is 0. The minimum Gasteiger partial charge on any atom is -0.307 e. The number of thiophene rings is 1. The number of fused-ring (bicyclic) bond motifs is 1. The van der Waals surface area contributed by atoms with E-state index in [1.54, 1.807) is 11.3 Å². The van der Waals surface area contributed by atoms with Gasteiger partial charge in [0.1, 0.15) is 0 Å². The first kappa shape index (κ1) is 10.3. The second kappa shape index (κ2) is 3.86. The van der Waals surface area contributed by atoms with Crippen molar-refractivity contribution in [3.8, 4) is 5.00 Å². The lowest BCUT2D eigenvalue weighted by Gasteiger charge is -2.00. The molecule has 2 nitrogen and oxygen atoms in total. The van der Waals surface area contributed by atoms with Gasteiger partial charge in [0.2, 0.25) is 0 Å². The molecule has 3 rings (SSSR count). The Bertz CT molecular complexity index is 677. The average molecular weight is 240 g/mol. The Hall–Kier alpha value is -1.87. The Morgan fingerprint density at radius 2 is 2.00 bits per heavy atom. The summed E-state index contributed by atoms with van der Waals surface area (Å²) in [6.07, 6.45) is 2.05. The molecular weight excluding hydrogens is 228 g/mol. The van der Waals surface area contributed by atoms with Crippen molar-refractivity contribution >= 4 is 28.0 Å². The summed E-state index contributed by atoms with van der Waals surface area (Å²) >= 11 is 1.71. The summed E-state index contributed by atoms with van der Waals surface area (Å²) in [4.78, 5) is 0. The Morgan fingerprint density at radius 3 is 2.71 bits per heavy atom. The van der Waals surface area contributed by atoms with E-state index in [2.05, 4.69) is 34.3 Å². The molecule has 1 N–H and O–H groups in total. The van der Waals surface area contributed by atoms with Crippen LogP contribution in [0.1, 0.15) is 12.5 Å². The molecule has 2 heterocycles. The smallest absolute Gasteiger partial charge is 0.0994 e. The van der Waals surface area contributed by atoms with Gasteiger partial charge in [-0.15, -0.1) is 11.3 Å². The number of nitrogens with zero attached hydrogens (tertiary/aromatic N) is 1. The van der Waals surface area contributed by atoms with Gasteiger partial charge in [0.15, 0.2) is 0 Å². The first-order chi connectivity index (χ1) is 8.27. The Kier molecular flexibility index (Phi) is 2.34. The number of hydrogen-bond acceptors (Lipinski definition) is 2. The van der Waals surface area contributed by atoms with E-state index in [-0.39, 0.29) is 0 Å². The molecule has 0 saturated heterocycles. The third-order valence-corrected chi connectivity index (χ3v) is 3.73. The van der Waals surface area contributed by atoms with Gasteiger partial charge in [-0.05, 0) is 30.5 Å². The fourth-order valence-electron chi connectivity index (χ4n) is 2.07. The van der Waals surface area contributed by atoms with E-state index in [9.17, 15) is 0 Å². The predicted molar refractivity (Wildman–Crippen MR) is 73.7 cm³/mol. The molecule has 17 heavy (non-hydrogen) atoms. The van der Waals surface area contributed by atoms with Crippen LogP contribution in [0.3, 0.4) is 0 Å². The molecule has 0 saturated carbocycles. The van der Waals surface area contributed by atoms with Gasteiger partial charge in [-0.2, -0.15) is 0 Å². The molecule has 2 aromatic heterocycles. The number of hydrogen-bond donors (Lipinski definition) is 1. The zero-order valence-electron chi connectivity index (χ0n) is 9.47. The third kappa shape index (κ3) is 1.59. The number of aromatic nitrogens is 1. The largest absolute Gasteiger partial charge is 0.307 e. The fraction of sp³-hybridized carbons (Fsp3) is 0.0714. The quantitative estimate of drug-likeness (QED) is 0.654. The second-order valence-electron chi connectivity index (χ2n) is 4.01. The van der Waals surface area contributed by atoms with E-state index < -0.39 is 0 Å². The van der Waals surface area contributed by atoms with Crippen LogP contribution in [0.4, 0.5) is 0 Å². The summed E-state index contributed by atoms with van der Waals surface area (Å²) in [6.45, 7) is 1.83. The highest BCUT2D eigenvalue weighted by Crippen LogP contribution is 2.27. The normalized spacial score (nSPS) is 10.9. The molecule has 0 spiro atoms. The van der Waals surface area contributed by atoms with Crippen LogP contribution in [0.5, 0.6) is 0 Å². The summed E-state index contributed by atoms with van der Waals surface area (Å²) < 4.78 is 2.16. The van der Waals surface area contributed by atoms with Gasteiger partial charge in [-0.3, -0.25) is 0 Å². The zero-order chi connectivity index (χ0) is 11.8. The second-order valence-corrected chi connectivity index (χ2v) is 4.93. The van der Waals surface area contributed by atoms with Gasteiger partial charge >= 0.3 is 0 Å². The first-order valence-corrected chi connectivity index (χ1v) is 6.35. The number of rotatable bonds is 2. The molecule has 0 aliphatic heterocycles. The van der Waals surface area contributed by atoms with Crippen LogP contribution in [0.2, 0.25) is 0 Å². The Labute approximate surface area is 104 Å². The SMILES string of the molecule is CC(=N)c1cn(-c2cccs2)c2ccccc12. The van der Waals surface area contributed by atoms with Gasteiger partial charge in [0.25, 0.3) is 0 Å². The van der Waals surface area contributed by atoms with E-state index in [0.29, 0.717) is 5.71 Å². The van der Waals surface area contributed by atoms with Crippen LogP contribution in [0.15, 0.2) is 48.0 Å². The maximum Gasteiger partial charge on any atom is 0.0994 e. The molecule has 84 valence electrons. The van der Waals surface area contributed by atoms with Crippen molar-refractivity contribution in [1.82, 2.24) is 4.57 Å². The van der Waals surface area contributed by atoms with Crippen LogP contribution in [0.25, 0.3) is 15.9 Å². The highest BCUT2D eigenvalue weighted by atomic mass is 32.1. The van der Waals surface area contributed by atoms with Crippen LogP contribution >= 0.6 is 11.3 Å². The van der Waals surface area contributed by atoms with Gasteiger partial charge in [0.05, 0.1) is 10.5 Å². The fourth-order valence-corrected chi connectivity index (χ4v) is 2.79. The lowest BCUT2D eigenvalue weighted by molar-refractivity contribution is 1.16. The lowest BCUT2D eigenvalue weighted by atomic mass is 10.1. The van der Waals surface area contributed by atoms with Gasteiger partial charge in [-0.1, -0.05) is 18.2 Å². The molecule has 0 atom stereocenters. The number of benzene rings is 1. The molecular formula is C14H12N2S. The van der Waals surface area contributed by atoms with Gasteiger partial charge in [0, 0.05) is 22.9 Å². The van der Waals surface area contributed by atoms with Crippen molar-refractivity contribution in [2.24, 2.45) is 0 Å². The Balaban J connectivity index is 2.37. The predicted octanol–water partition coefficient (Wildman–Crippen LogP) is 4.08. The van der Waals surface area contributed by atoms with Crippen molar-refractivity contribution in [1.29, 1.82) is 5.41 Å². The van der Waals surface area contributed by atoms with Crippen LogP contribution in [-0.4, -0.2) is 10.3 Å². The highest BCUT2D eigenvalue weighted by Gasteiger charge is 2.10. The van der Waals surface area contributed by atoms with Crippen LogP contribution in [-0.2, 0) is 0 Å². The van der Waals surface area contributed by atoms with Crippen LogP contribution in [0, 0.1) is 5.41 Å². The maximum absolute atomic E-state index is 7.85. The van der Waals surface area contributed by atoms with Gasteiger partial charge < -0.3 is 9.98 Å². The molecule has 0 amide bonds. The van der Waals surface area contributed by atoms with E-state index >= 15 is 0 Å². The maximum atomic E-state index is 7.85. The highest BCUT2D eigenvalue weighted by molar-refractivity contribution is 7.12. The van der Waals surface area contributed by atoms with E-state index in [1.807, 2.05) is 25.1 Å². The summed E-state index contributed by atoms with van der Waals surface area (Å²) in [5.41, 5.74) is 2.78. The van der Waals surface area contributed by atoms with E-state index in [4.69, 9.17) is 5.41 Å². The van der Waals surface area contributed by atoms with Gasteiger partial charge in [-0.25, -0.2) is 0 Å². The average Bonchev–Trinajstić information content (AvgIpc) is 2.95. The molecule has 0 bridgehead atoms. The summed E-state index contributed by atoms with van der Waals surface area (Å²) in [5, 5.41) is 12.3. The Morgan fingerprint density at radius 1 is 1.18 bits per heavy atom. The molecule has 1 aromatic carbocycles. The number of nitrogens with one attached hydrogen (secondary N) is 1. The molecule has 0 radical (unpaired) electrons. The van der Waals surface area contributed by atoms with Crippen molar-refractivity contribution in [2.75, 3.05) is 0 Å². The topological polar surface area (TPSA) is 28.8 Å². The van der Waals surface area contributed by atoms with Crippen LogP contribution < -0.4 is 0 Å². The molecule has 0 fully saturated rings. The standard InChI is InChI=1S/C14H12N2S/c1-10(15)12-9-16(14-7-4-8-17-14)13-6-3-2-5-11(12)13/h2-9,15H,1H3. The van der Waals surface area contributed by atoms with Crippen molar-refractivity contribution in [2.45, 2.75) is 6.92 Å². The van der Waals surface area contributed by atoms with E-state index in [0.717, 1.165) is 16.5 Å². The van der Waals surface area contributed by atoms with Crippen molar-refractivity contribution < 1.29 is 0 Å². The number of para-hydroxylation sites is 1.